The number of carboxylic acids is 1. The van der Waals surface area contributed by atoms with Crippen molar-refractivity contribution in [1.29, 1.82) is 0 Å². The highest BCUT2D eigenvalue weighted by Crippen LogP contribution is 2.35. The van der Waals surface area contributed by atoms with E-state index in [9.17, 15) is 19.8 Å². The predicted octanol–water partition coefficient (Wildman–Crippen LogP) is 8.77. The lowest BCUT2D eigenvalue weighted by Crippen LogP contribution is -2.18. The van der Waals surface area contributed by atoms with Gasteiger partial charge in [-0.3, -0.25) is 0 Å². The molecule has 198 valence electrons. The maximum absolute atomic E-state index is 13.3. The highest BCUT2D eigenvalue weighted by atomic mass is 35.5. The molecule has 0 bridgehead atoms. The van der Waals surface area contributed by atoms with Crippen molar-refractivity contribution in [1.82, 2.24) is 0 Å². The average molecular weight is 517 g/mol. The molecule has 0 aliphatic carbocycles. The van der Waals surface area contributed by atoms with Crippen molar-refractivity contribution >= 4 is 23.5 Å². The molecule has 0 aliphatic heterocycles. The molecule has 0 amide bonds. The first-order chi connectivity index (χ1) is 17.4. The molecule has 0 aromatic heterocycles. The van der Waals surface area contributed by atoms with Gasteiger partial charge in [-0.15, -0.1) is 0 Å². The fourth-order valence-corrected chi connectivity index (χ4v) is 4.67. The lowest BCUT2D eigenvalue weighted by molar-refractivity contribution is 0.0665. The van der Waals surface area contributed by atoms with Crippen LogP contribution < -0.4 is 4.74 Å². The van der Waals surface area contributed by atoms with Crippen LogP contribution in [0.15, 0.2) is 30.3 Å². The molecule has 0 fully saturated rings. The number of benzene rings is 2. The minimum Gasteiger partial charge on any atom is -0.504 e. The number of ether oxygens (including phenoxy) is 1. The number of hydrogen-bond donors (Lipinski definition) is 2. The van der Waals surface area contributed by atoms with Crippen LogP contribution in [0.4, 0.5) is 0 Å². The van der Waals surface area contributed by atoms with E-state index in [-0.39, 0.29) is 27.6 Å². The number of unbranched alkanes of at least 4 members (excludes halogenated alkanes) is 10. The summed E-state index contributed by atoms with van der Waals surface area (Å²) >= 11 is 6.12. The Morgan fingerprint density at radius 3 is 2.00 bits per heavy atom. The van der Waals surface area contributed by atoms with Crippen LogP contribution in [0.2, 0.25) is 5.02 Å². The quantitative estimate of drug-likeness (QED) is 0.125. The molecular weight excluding hydrogens is 476 g/mol. The Balaban J connectivity index is 2.29. The SMILES string of the molecule is CCCCCCCCc1cc(CCCCCCCC)c(C(=O)Oc2c(O)cccc2Cl)c(C(=O)O)c1. The van der Waals surface area contributed by atoms with E-state index in [0.29, 0.717) is 12.0 Å². The maximum Gasteiger partial charge on any atom is 0.344 e. The van der Waals surface area contributed by atoms with Gasteiger partial charge >= 0.3 is 11.9 Å². The fraction of sp³-hybridized carbons (Fsp3) is 0.533. The van der Waals surface area contributed by atoms with Crippen molar-refractivity contribution in [3.8, 4) is 11.5 Å². The molecule has 5 nitrogen and oxygen atoms in total. The van der Waals surface area contributed by atoms with Crippen molar-refractivity contribution in [3.05, 3.63) is 57.6 Å². The Bertz CT molecular complexity index is 965. The van der Waals surface area contributed by atoms with Crippen LogP contribution in [0.25, 0.3) is 0 Å². The predicted molar refractivity (Wildman–Crippen MR) is 146 cm³/mol. The third-order valence-electron chi connectivity index (χ3n) is 6.47. The molecule has 0 heterocycles. The van der Waals surface area contributed by atoms with Gasteiger partial charge in [0.05, 0.1) is 16.1 Å². The molecule has 2 aromatic carbocycles. The molecule has 0 saturated heterocycles. The summed E-state index contributed by atoms with van der Waals surface area (Å²) in [4.78, 5) is 25.5. The minimum atomic E-state index is -1.17. The fourth-order valence-electron chi connectivity index (χ4n) is 4.47. The smallest absolute Gasteiger partial charge is 0.344 e. The molecule has 0 aliphatic rings. The van der Waals surface area contributed by atoms with Gasteiger partial charge in [0, 0.05) is 0 Å². The van der Waals surface area contributed by atoms with Crippen molar-refractivity contribution < 1.29 is 24.5 Å². The summed E-state index contributed by atoms with van der Waals surface area (Å²) in [7, 11) is 0. The lowest BCUT2D eigenvalue weighted by Gasteiger charge is -2.16. The summed E-state index contributed by atoms with van der Waals surface area (Å²) in [6.45, 7) is 4.37. The number of halogens is 1. The highest BCUT2D eigenvalue weighted by Gasteiger charge is 2.25. The van der Waals surface area contributed by atoms with Gasteiger partial charge in [0.15, 0.2) is 11.5 Å². The maximum atomic E-state index is 13.3. The van der Waals surface area contributed by atoms with Crippen LogP contribution in [-0.2, 0) is 12.8 Å². The Morgan fingerprint density at radius 1 is 0.833 bits per heavy atom. The molecule has 0 radical (unpaired) electrons. The van der Waals surface area contributed by atoms with E-state index in [1.807, 2.05) is 6.07 Å². The molecule has 2 aromatic rings. The second kappa shape index (κ2) is 16.3. The van der Waals surface area contributed by atoms with Crippen molar-refractivity contribution in [2.45, 2.75) is 104 Å². The Morgan fingerprint density at radius 2 is 1.42 bits per heavy atom. The zero-order chi connectivity index (χ0) is 26.3. The van der Waals surface area contributed by atoms with Crippen LogP contribution in [-0.4, -0.2) is 22.2 Å². The normalized spacial score (nSPS) is 11.0. The number of para-hydroxylation sites is 1. The summed E-state index contributed by atoms with van der Waals surface area (Å²) in [6.07, 6.45) is 14.8. The molecule has 36 heavy (non-hydrogen) atoms. The number of esters is 1. The number of carboxylic acid groups (broad SMARTS) is 1. The zero-order valence-corrected chi connectivity index (χ0v) is 22.5. The summed E-state index contributed by atoms with van der Waals surface area (Å²) in [6, 6.07) is 7.98. The summed E-state index contributed by atoms with van der Waals surface area (Å²) in [5, 5.41) is 20.2. The van der Waals surface area contributed by atoms with E-state index in [1.54, 1.807) is 12.1 Å². The Kier molecular flexibility index (Phi) is 13.4. The molecule has 6 heteroatoms. The van der Waals surface area contributed by atoms with Gasteiger partial charge in [-0.25, -0.2) is 9.59 Å². The first-order valence-electron chi connectivity index (χ1n) is 13.5. The molecule has 0 spiro atoms. The zero-order valence-electron chi connectivity index (χ0n) is 21.8. The minimum absolute atomic E-state index is 0.0436. The number of hydrogen-bond acceptors (Lipinski definition) is 4. The Hall–Kier alpha value is -2.53. The molecule has 0 atom stereocenters. The first-order valence-corrected chi connectivity index (χ1v) is 13.9. The second-order valence-corrected chi connectivity index (χ2v) is 9.90. The topological polar surface area (TPSA) is 83.8 Å². The number of rotatable bonds is 17. The second-order valence-electron chi connectivity index (χ2n) is 9.50. The van der Waals surface area contributed by atoms with E-state index < -0.39 is 11.9 Å². The van der Waals surface area contributed by atoms with Crippen LogP contribution in [0.5, 0.6) is 11.5 Å². The highest BCUT2D eigenvalue weighted by molar-refractivity contribution is 6.32. The first kappa shape index (κ1) is 29.7. The molecule has 0 unspecified atom stereocenters. The third-order valence-corrected chi connectivity index (χ3v) is 6.77. The van der Waals surface area contributed by atoms with Gasteiger partial charge in [0.2, 0.25) is 0 Å². The molecule has 2 N–H and O–H groups in total. The van der Waals surface area contributed by atoms with Gasteiger partial charge in [-0.05, 0) is 55.0 Å². The van der Waals surface area contributed by atoms with Gasteiger partial charge in [-0.1, -0.05) is 102 Å². The van der Waals surface area contributed by atoms with Crippen LogP contribution in [0.1, 0.15) is 123 Å². The number of aryl methyl sites for hydroxylation is 2. The van der Waals surface area contributed by atoms with Crippen LogP contribution in [0.3, 0.4) is 0 Å². The molecular formula is C30H41ClO5. The summed E-state index contributed by atoms with van der Waals surface area (Å²) < 4.78 is 5.44. The summed E-state index contributed by atoms with van der Waals surface area (Å²) in [5.41, 5.74) is 1.60. The standard InChI is InChI=1S/C30H41ClO5/c1-3-5-7-9-11-13-16-22-20-23(17-14-12-10-8-6-4-2)27(24(21-22)29(33)34)30(35)36-28-25(31)18-15-19-26(28)32/h15,18-21,32H,3-14,16-17H2,1-2H3,(H,33,34). The van der Waals surface area contributed by atoms with E-state index in [0.717, 1.165) is 44.1 Å². The molecule has 0 saturated carbocycles. The third kappa shape index (κ3) is 9.50. The van der Waals surface area contributed by atoms with Crippen LogP contribution >= 0.6 is 11.6 Å². The van der Waals surface area contributed by atoms with Gasteiger partial charge in [-0.2, -0.15) is 0 Å². The monoisotopic (exact) mass is 516 g/mol. The average Bonchev–Trinajstić information content (AvgIpc) is 2.85. The number of aromatic hydroxyl groups is 1. The number of aromatic carboxylic acids is 1. The van der Waals surface area contributed by atoms with E-state index in [1.165, 1.54) is 57.1 Å². The lowest BCUT2D eigenvalue weighted by atomic mass is 9.91. The van der Waals surface area contributed by atoms with Crippen LogP contribution in [0, 0.1) is 0 Å². The number of phenolic OH excluding ortho intramolecular Hbond substituents is 1. The van der Waals surface area contributed by atoms with Crippen molar-refractivity contribution in [2.24, 2.45) is 0 Å². The largest absolute Gasteiger partial charge is 0.504 e. The Labute approximate surface area is 220 Å². The van der Waals surface area contributed by atoms with Gasteiger partial charge < -0.3 is 14.9 Å². The number of carbonyl (C=O) groups excluding carboxylic acids is 1. The number of carbonyl (C=O) groups is 2. The van der Waals surface area contributed by atoms with Crippen molar-refractivity contribution in [2.75, 3.05) is 0 Å². The van der Waals surface area contributed by atoms with E-state index in [4.69, 9.17) is 16.3 Å². The number of phenols is 1. The summed E-state index contributed by atoms with van der Waals surface area (Å²) in [5.74, 6) is -2.42. The van der Waals surface area contributed by atoms with Crippen molar-refractivity contribution in [3.63, 3.8) is 0 Å². The molecule has 2 rings (SSSR count). The van der Waals surface area contributed by atoms with E-state index in [2.05, 4.69) is 13.8 Å². The van der Waals surface area contributed by atoms with Gasteiger partial charge in [0.25, 0.3) is 0 Å². The van der Waals surface area contributed by atoms with E-state index >= 15 is 0 Å². The van der Waals surface area contributed by atoms with Gasteiger partial charge in [0.1, 0.15) is 0 Å².